The monoisotopic (exact) mass is 295 g/mol. The smallest absolute Gasteiger partial charge is 0.345 e. The van der Waals surface area contributed by atoms with Gasteiger partial charge in [-0.1, -0.05) is 0 Å². The first-order valence-electron chi connectivity index (χ1n) is 5.52. The van der Waals surface area contributed by atoms with Crippen LogP contribution in [0.5, 0.6) is 0 Å². The Morgan fingerprint density at radius 1 is 1.45 bits per heavy atom. The van der Waals surface area contributed by atoms with Gasteiger partial charge in [0, 0.05) is 11.8 Å². The largest absolute Gasteiger partial charge is 0.477 e. The highest BCUT2D eigenvalue weighted by molar-refractivity contribution is 7.14. The van der Waals surface area contributed by atoms with Crippen LogP contribution < -0.4 is 0 Å². The SMILES string of the molecule is O=C(O)c1cc(-c2cnc3cccnn23)c(C(F)F)s1. The molecule has 0 saturated heterocycles. The third-order valence-electron chi connectivity index (χ3n) is 2.72. The Balaban J connectivity index is 2.25. The van der Waals surface area contributed by atoms with E-state index >= 15 is 0 Å². The molecule has 5 nitrogen and oxygen atoms in total. The van der Waals surface area contributed by atoms with Crippen LogP contribution >= 0.6 is 11.3 Å². The summed E-state index contributed by atoms with van der Waals surface area (Å²) in [6, 6.07) is 4.59. The van der Waals surface area contributed by atoms with E-state index in [0.717, 1.165) is 0 Å². The molecule has 0 radical (unpaired) electrons. The fraction of sp³-hybridized carbons (Fsp3) is 0.0833. The van der Waals surface area contributed by atoms with Crippen LogP contribution in [0.15, 0.2) is 30.6 Å². The van der Waals surface area contributed by atoms with Gasteiger partial charge in [0.25, 0.3) is 6.43 Å². The number of carbonyl (C=O) groups is 1. The van der Waals surface area contributed by atoms with Gasteiger partial charge in [-0.15, -0.1) is 11.3 Å². The van der Waals surface area contributed by atoms with Gasteiger partial charge >= 0.3 is 5.97 Å². The molecule has 0 fully saturated rings. The second-order valence-electron chi connectivity index (χ2n) is 3.93. The van der Waals surface area contributed by atoms with Gasteiger partial charge in [0.1, 0.15) is 4.88 Å². The highest BCUT2D eigenvalue weighted by Gasteiger charge is 2.23. The molecule has 102 valence electrons. The lowest BCUT2D eigenvalue weighted by Gasteiger charge is -2.01. The third-order valence-corrected chi connectivity index (χ3v) is 3.85. The van der Waals surface area contributed by atoms with E-state index < -0.39 is 12.4 Å². The van der Waals surface area contributed by atoms with Crippen LogP contribution in [0.2, 0.25) is 0 Å². The van der Waals surface area contributed by atoms with E-state index in [1.165, 1.54) is 23.0 Å². The van der Waals surface area contributed by atoms with Crippen LogP contribution in [0.3, 0.4) is 0 Å². The molecule has 0 amide bonds. The molecule has 3 aromatic rings. The highest BCUT2D eigenvalue weighted by atomic mass is 32.1. The van der Waals surface area contributed by atoms with Crippen LogP contribution in [0.4, 0.5) is 8.78 Å². The van der Waals surface area contributed by atoms with Gasteiger partial charge in [0.05, 0.1) is 16.8 Å². The molecule has 0 atom stereocenters. The van der Waals surface area contributed by atoms with Crippen molar-refractivity contribution in [3.8, 4) is 11.3 Å². The summed E-state index contributed by atoms with van der Waals surface area (Å²) in [5.41, 5.74) is 0.999. The number of carboxylic acid groups (broad SMARTS) is 1. The number of aromatic carboxylic acids is 1. The van der Waals surface area contributed by atoms with Gasteiger partial charge < -0.3 is 5.11 Å². The van der Waals surface area contributed by atoms with Gasteiger partial charge in [-0.05, 0) is 18.2 Å². The Morgan fingerprint density at radius 3 is 2.95 bits per heavy atom. The molecule has 8 heteroatoms. The number of fused-ring (bicyclic) bond motifs is 1. The van der Waals surface area contributed by atoms with Gasteiger partial charge in [0.15, 0.2) is 5.65 Å². The van der Waals surface area contributed by atoms with E-state index in [-0.39, 0.29) is 15.3 Å². The summed E-state index contributed by atoms with van der Waals surface area (Å²) < 4.78 is 27.5. The van der Waals surface area contributed by atoms with Gasteiger partial charge in [-0.25, -0.2) is 23.1 Å². The molecule has 0 aliphatic heterocycles. The van der Waals surface area contributed by atoms with Crippen molar-refractivity contribution in [1.82, 2.24) is 14.6 Å². The maximum atomic E-state index is 13.1. The summed E-state index contributed by atoms with van der Waals surface area (Å²) in [5.74, 6) is -1.23. The zero-order valence-corrected chi connectivity index (χ0v) is 10.6. The van der Waals surface area contributed by atoms with E-state index in [2.05, 4.69) is 10.1 Å². The Bertz CT molecular complexity index is 797. The van der Waals surface area contributed by atoms with Gasteiger partial charge in [-0.2, -0.15) is 5.10 Å². The molecule has 0 saturated carbocycles. The molecule has 20 heavy (non-hydrogen) atoms. The van der Waals surface area contributed by atoms with Crippen molar-refractivity contribution in [1.29, 1.82) is 0 Å². The Labute approximate surface area is 115 Å². The van der Waals surface area contributed by atoms with Crippen molar-refractivity contribution in [3.63, 3.8) is 0 Å². The first-order chi connectivity index (χ1) is 9.58. The number of aromatic nitrogens is 3. The average molecular weight is 295 g/mol. The summed E-state index contributed by atoms with van der Waals surface area (Å²) in [4.78, 5) is 14.6. The van der Waals surface area contributed by atoms with Crippen molar-refractivity contribution < 1.29 is 18.7 Å². The van der Waals surface area contributed by atoms with Crippen LogP contribution in [0.1, 0.15) is 21.0 Å². The fourth-order valence-electron chi connectivity index (χ4n) is 1.89. The van der Waals surface area contributed by atoms with Crippen molar-refractivity contribution in [2.75, 3.05) is 0 Å². The first-order valence-corrected chi connectivity index (χ1v) is 6.34. The number of thiophene rings is 1. The van der Waals surface area contributed by atoms with Crippen LogP contribution in [0, 0.1) is 0 Å². The molecule has 0 aliphatic carbocycles. The fourth-order valence-corrected chi connectivity index (χ4v) is 2.75. The molecule has 1 N–H and O–H groups in total. The maximum absolute atomic E-state index is 13.1. The minimum Gasteiger partial charge on any atom is -0.477 e. The van der Waals surface area contributed by atoms with Crippen molar-refractivity contribution in [2.45, 2.75) is 6.43 Å². The maximum Gasteiger partial charge on any atom is 0.345 e. The summed E-state index contributed by atoms with van der Waals surface area (Å²) in [6.07, 6.45) is 0.157. The zero-order chi connectivity index (χ0) is 14.3. The summed E-state index contributed by atoms with van der Waals surface area (Å²) in [5, 5.41) is 13.0. The van der Waals surface area contributed by atoms with Crippen molar-refractivity contribution in [2.24, 2.45) is 0 Å². The van der Waals surface area contributed by atoms with Crippen LogP contribution in [-0.4, -0.2) is 25.7 Å². The lowest BCUT2D eigenvalue weighted by molar-refractivity contribution is 0.0702. The molecule has 0 spiro atoms. The molecular weight excluding hydrogens is 288 g/mol. The van der Waals surface area contributed by atoms with E-state index in [9.17, 15) is 13.6 Å². The Morgan fingerprint density at radius 2 is 2.25 bits per heavy atom. The molecule has 0 bridgehead atoms. The Hall–Kier alpha value is -2.35. The molecule has 3 aromatic heterocycles. The predicted molar refractivity (Wildman–Crippen MR) is 68.2 cm³/mol. The Kier molecular flexibility index (Phi) is 2.94. The third kappa shape index (κ3) is 1.94. The van der Waals surface area contributed by atoms with Crippen LogP contribution in [0.25, 0.3) is 16.9 Å². The zero-order valence-electron chi connectivity index (χ0n) is 9.83. The minimum atomic E-state index is -2.75. The number of hydrogen-bond acceptors (Lipinski definition) is 4. The highest BCUT2D eigenvalue weighted by Crippen LogP contribution is 2.38. The molecule has 0 unspecified atom stereocenters. The normalized spacial score (nSPS) is 11.3. The van der Waals surface area contributed by atoms with E-state index in [1.807, 2.05) is 0 Å². The van der Waals surface area contributed by atoms with Gasteiger partial charge in [0.2, 0.25) is 0 Å². The summed E-state index contributed by atoms with van der Waals surface area (Å²) in [7, 11) is 0. The van der Waals surface area contributed by atoms with Gasteiger partial charge in [-0.3, -0.25) is 0 Å². The number of imidazole rings is 1. The predicted octanol–water partition coefficient (Wildman–Crippen LogP) is 3.09. The number of carboxylic acids is 1. The summed E-state index contributed by atoms with van der Waals surface area (Å²) in [6.45, 7) is 0. The quantitative estimate of drug-likeness (QED) is 0.806. The molecule has 3 heterocycles. The number of nitrogens with zero attached hydrogens (tertiary/aromatic N) is 3. The van der Waals surface area contributed by atoms with Crippen LogP contribution in [-0.2, 0) is 0 Å². The topological polar surface area (TPSA) is 67.5 Å². The first kappa shape index (κ1) is 12.7. The lowest BCUT2D eigenvalue weighted by Crippen LogP contribution is -1.94. The van der Waals surface area contributed by atoms with Crippen molar-refractivity contribution >= 4 is 23.0 Å². The average Bonchev–Trinajstić information content (AvgIpc) is 3.02. The minimum absolute atomic E-state index is 0.138. The second-order valence-corrected chi connectivity index (χ2v) is 5.02. The lowest BCUT2D eigenvalue weighted by atomic mass is 10.2. The number of halogens is 2. The molecule has 3 rings (SSSR count). The van der Waals surface area contributed by atoms with E-state index in [1.54, 1.807) is 12.1 Å². The number of hydrogen-bond donors (Lipinski definition) is 1. The summed E-state index contributed by atoms with van der Waals surface area (Å²) >= 11 is 0.564. The number of rotatable bonds is 3. The molecular formula is C12H7F2N3O2S. The standard InChI is InChI=1S/C12H7F2N3O2S/c13-11(14)10-6(4-8(20-10)12(18)19)7-5-15-9-2-1-3-16-17(7)9/h1-5,11H,(H,18,19). The molecule has 0 aliphatic rings. The second kappa shape index (κ2) is 4.64. The molecule has 0 aromatic carbocycles. The van der Waals surface area contributed by atoms with E-state index in [0.29, 0.717) is 22.7 Å². The van der Waals surface area contributed by atoms with E-state index in [4.69, 9.17) is 5.11 Å². The van der Waals surface area contributed by atoms with Crippen molar-refractivity contribution in [3.05, 3.63) is 40.3 Å². The number of alkyl halides is 2.